The molecular weight excluding hydrogens is 416 g/mol. The van der Waals surface area contributed by atoms with E-state index in [0.717, 1.165) is 56.0 Å². The third-order valence-corrected chi connectivity index (χ3v) is 7.22. The Balaban J connectivity index is 1.39. The van der Waals surface area contributed by atoms with Crippen LogP contribution in [0.1, 0.15) is 30.4 Å². The van der Waals surface area contributed by atoms with E-state index in [1.54, 1.807) is 0 Å². The summed E-state index contributed by atoms with van der Waals surface area (Å²) in [7, 11) is 1.34. The standard InChI is InChI=1S/C26H32N4O3/c1-33-26(32)27-21-11-10-20-9-8-19-5-2-3-7-23(19)30(24(20)17-21)25(31)12-14-28-15-16-29-13-4-6-22(29)18-28/h2-3,5,7,10-11,17,22H,4,6,8-9,12-16,18H2,1H3,(H,27,32)/t22-/m0/s1. The first-order valence-electron chi connectivity index (χ1n) is 12.0. The number of piperazine rings is 1. The molecule has 2 aromatic carbocycles. The highest BCUT2D eigenvalue weighted by Crippen LogP contribution is 2.38. The molecule has 1 N–H and O–H groups in total. The van der Waals surface area contributed by atoms with Gasteiger partial charge in [-0.05, 0) is 61.6 Å². The van der Waals surface area contributed by atoms with Gasteiger partial charge >= 0.3 is 6.09 Å². The predicted octanol–water partition coefficient (Wildman–Crippen LogP) is 3.80. The van der Waals surface area contributed by atoms with Gasteiger partial charge in [0.15, 0.2) is 0 Å². The van der Waals surface area contributed by atoms with Gasteiger partial charge in [-0.1, -0.05) is 24.3 Å². The van der Waals surface area contributed by atoms with Crippen LogP contribution in [-0.4, -0.2) is 67.7 Å². The van der Waals surface area contributed by atoms with E-state index in [4.69, 9.17) is 4.74 Å². The number of carbonyl (C=O) groups is 2. The summed E-state index contributed by atoms with van der Waals surface area (Å²) in [5.74, 6) is 0.0923. The highest BCUT2D eigenvalue weighted by molar-refractivity contribution is 6.03. The van der Waals surface area contributed by atoms with Crippen LogP contribution in [0, 0.1) is 0 Å². The lowest BCUT2D eigenvalue weighted by atomic mass is 10.0. The van der Waals surface area contributed by atoms with Crippen LogP contribution in [0.25, 0.3) is 0 Å². The number of anilines is 3. The number of ether oxygens (including phenoxy) is 1. The van der Waals surface area contributed by atoms with Crippen LogP contribution < -0.4 is 10.2 Å². The van der Waals surface area contributed by atoms with Crippen LogP contribution >= 0.6 is 0 Å². The molecule has 0 saturated carbocycles. The molecule has 3 aliphatic heterocycles. The average Bonchev–Trinajstić information content (AvgIpc) is 3.24. The number of amides is 2. The maximum absolute atomic E-state index is 13.7. The molecule has 0 spiro atoms. The van der Waals surface area contributed by atoms with Crippen molar-refractivity contribution >= 4 is 29.1 Å². The number of nitrogens with one attached hydrogen (secondary N) is 1. The topological polar surface area (TPSA) is 65.1 Å². The summed E-state index contributed by atoms with van der Waals surface area (Å²) in [6.07, 6.45) is 4.23. The summed E-state index contributed by atoms with van der Waals surface area (Å²) in [6, 6.07) is 14.6. The maximum atomic E-state index is 13.7. The number of carbonyl (C=O) groups excluding carboxylic acids is 2. The number of para-hydroxylation sites is 1. The van der Waals surface area contributed by atoms with E-state index in [-0.39, 0.29) is 5.91 Å². The zero-order valence-electron chi connectivity index (χ0n) is 19.3. The molecule has 7 nitrogen and oxygen atoms in total. The van der Waals surface area contributed by atoms with Crippen LogP contribution in [0.2, 0.25) is 0 Å². The Morgan fingerprint density at radius 1 is 1.03 bits per heavy atom. The minimum absolute atomic E-state index is 0.0923. The SMILES string of the molecule is COC(=O)Nc1ccc2c(c1)N(C(=O)CCN1CCN3CCC[C@H]3C1)c1ccccc1CC2. The second-order valence-electron chi connectivity index (χ2n) is 9.20. The zero-order chi connectivity index (χ0) is 22.8. The molecular formula is C26H32N4O3. The van der Waals surface area contributed by atoms with Gasteiger partial charge in [-0.2, -0.15) is 0 Å². The quantitative estimate of drug-likeness (QED) is 0.771. The highest BCUT2D eigenvalue weighted by Gasteiger charge is 2.31. The Morgan fingerprint density at radius 2 is 1.85 bits per heavy atom. The Kier molecular flexibility index (Phi) is 6.33. The molecule has 0 radical (unpaired) electrons. The van der Waals surface area contributed by atoms with Crippen molar-refractivity contribution in [3.63, 3.8) is 0 Å². The van der Waals surface area contributed by atoms with E-state index in [1.807, 2.05) is 41.3 Å². The molecule has 0 bridgehead atoms. The number of rotatable bonds is 4. The molecule has 2 amide bonds. The molecule has 2 aromatic rings. The van der Waals surface area contributed by atoms with E-state index in [9.17, 15) is 9.59 Å². The zero-order valence-corrected chi connectivity index (χ0v) is 19.3. The number of benzene rings is 2. The largest absolute Gasteiger partial charge is 0.453 e. The van der Waals surface area contributed by atoms with Crippen molar-refractivity contribution in [2.45, 2.75) is 38.1 Å². The minimum Gasteiger partial charge on any atom is -0.453 e. The van der Waals surface area contributed by atoms with Gasteiger partial charge in [0, 0.05) is 44.3 Å². The molecule has 0 aliphatic carbocycles. The second-order valence-corrected chi connectivity index (χ2v) is 9.20. The molecule has 174 valence electrons. The Hall–Kier alpha value is -2.90. The van der Waals surface area contributed by atoms with Crippen LogP contribution in [0.3, 0.4) is 0 Å². The molecule has 2 saturated heterocycles. The average molecular weight is 449 g/mol. The van der Waals surface area contributed by atoms with E-state index in [0.29, 0.717) is 18.2 Å². The Bertz CT molecular complexity index is 1040. The van der Waals surface area contributed by atoms with Crippen molar-refractivity contribution < 1.29 is 14.3 Å². The first kappa shape index (κ1) is 21.9. The Labute approximate surface area is 195 Å². The molecule has 3 heterocycles. The third kappa shape index (κ3) is 4.61. The van der Waals surface area contributed by atoms with Crippen molar-refractivity contribution in [2.75, 3.05) is 50.1 Å². The lowest BCUT2D eigenvalue weighted by Crippen LogP contribution is -2.50. The summed E-state index contributed by atoms with van der Waals surface area (Å²) < 4.78 is 4.75. The summed E-state index contributed by atoms with van der Waals surface area (Å²) in [4.78, 5) is 32.4. The van der Waals surface area contributed by atoms with Gasteiger partial charge in [-0.15, -0.1) is 0 Å². The molecule has 33 heavy (non-hydrogen) atoms. The fourth-order valence-corrected chi connectivity index (χ4v) is 5.46. The lowest BCUT2D eigenvalue weighted by Gasteiger charge is -2.37. The normalized spacial score (nSPS) is 20.4. The van der Waals surface area contributed by atoms with Gasteiger partial charge in [0.05, 0.1) is 18.5 Å². The Morgan fingerprint density at radius 3 is 2.70 bits per heavy atom. The van der Waals surface area contributed by atoms with E-state index < -0.39 is 6.09 Å². The van der Waals surface area contributed by atoms with Crippen molar-refractivity contribution in [1.82, 2.24) is 9.80 Å². The van der Waals surface area contributed by atoms with Gasteiger partial charge in [0.2, 0.25) is 5.91 Å². The smallest absolute Gasteiger partial charge is 0.411 e. The van der Waals surface area contributed by atoms with Crippen LogP contribution in [0.5, 0.6) is 0 Å². The number of hydrogen-bond acceptors (Lipinski definition) is 5. The first-order chi connectivity index (χ1) is 16.1. The summed E-state index contributed by atoms with van der Waals surface area (Å²) in [6.45, 7) is 5.20. The third-order valence-electron chi connectivity index (χ3n) is 7.22. The molecule has 0 unspecified atom stereocenters. The van der Waals surface area contributed by atoms with Crippen LogP contribution in [0.15, 0.2) is 42.5 Å². The number of aryl methyl sites for hydroxylation is 2. The minimum atomic E-state index is -0.520. The summed E-state index contributed by atoms with van der Waals surface area (Å²) in [5.41, 5.74) is 4.69. The molecule has 0 aromatic heterocycles. The summed E-state index contributed by atoms with van der Waals surface area (Å²) >= 11 is 0. The van der Waals surface area contributed by atoms with Crippen molar-refractivity contribution in [3.8, 4) is 0 Å². The van der Waals surface area contributed by atoms with Gasteiger partial charge in [0.1, 0.15) is 0 Å². The van der Waals surface area contributed by atoms with Gasteiger partial charge in [-0.25, -0.2) is 4.79 Å². The fourth-order valence-electron chi connectivity index (χ4n) is 5.46. The summed E-state index contributed by atoms with van der Waals surface area (Å²) in [5, 5.41) is 2.74. The molecule has 3 aliphatic rings. The first-order valence-corrected chi connectivity index (χ1v) is 12.0. The van der Waals surface area contributed by atoms with Gasteiger partial charge < -0.3 is 4.74 Å². The van der Waals surface area contributed by atoms with Crippen LogP contribution in [-0.2, 0) is 22.4 Å². The second kappa shape index (κ2) is 9.53. The maximum Gasteiger partial charge on any atom is 0.411 e. The fraction of sp³-hybridized carbons (Fsp3) is 0.462. The number of nitrogens with zero attached hydrogens (tertiary/aromatic N) is 3. The van der Waals surface area contributed by atoms with Crippen LogP contribution in [0.4, 0.5) is 21.9 Å². The predicted molar refractivity (Wildman–Crippen MR) is 129 cm³/mol. The number of methoxy groups -OCH3 is 1. The monoisotopic (exact) mass is 448 g/mol. The van der Waals surface area contributed by atoms with E-state index >= 15 is 0 Å². The van der Waals surface area contributed by atoms with Gasteiger partial charge in [-0.3, -0.25) is 24.8 Å². The molecule has 5 rings (SSSR count). The number of hydrogen-bond donors (Lipinski definition) is 1. The number of fused-ring (bicyclic) bond motifs is 3. The van der Waals surface area contributed by atoms with Gasteiger partial charge in [0.25, 0.3) is 0 Å². The molecule has 2 fully saturated rings. The van der Waals surface area contributed by atoms with Crippen molar-refractivity contribution in [2.24, 2.45) is 0 Å². The van der Waals surface area contributed by atoms with Crippen molar-refractivity contribution in [1.29, 1.82) is 0 Å². The lowest BCUT2D eigenvalue weighted by molar-refractivity contribution is -0.118. The molecule has 7 heteroatoms. The van der Waals surface area contributed by atoms with E-state index in [1.165, 1.54) is 32.1 Å². The highest BCUT2D eigenvalue weighted by atomic mass is 16.5. The van der Waals surface area contributed by atoms with E-state index in [2.05, 4.69) is 21.2 Å². The van der Waals surface area contributed by atoms with Crippen molar-refractivity contribution in [3.05, 3.63) is 53.6 Å². The molecule has 1 atom stereocenters.